The molecule has 1 aromatic heterocycles. The molecular formula is C26H38ClN3OS. The van der Waals surface area contributed by atoms with Gasteiger partial charge in [-0.3, -0.25) is 9.80 Å². The normalized spacial score (nSPS) is 32.1. The highest BCUT2D eigenvalue weighted by Gasteiger charge is 2.54. The van der Waals surface area contributed by atoms with Crippen LogP contribution < -0.4 is 5.32 Å². The van der Waals surface area contributed by atoms with Crippen LogP contribution in [0.5, 0.6) is 0 Å². The van der Waals surface area contributed by atoms with E-state index in [0.717, 1.165) is 68.6 Å². The lowest BCUT2D eigenvalue weighted by molar-refractivity contribution is -0.119. The minimum atomic E-state index is 0.0814. The molecule has 6 heteroatoms. The van der Waals surface area contributed by atoms with Crippen molar-refractivity contribution < 1.29 is 4.79 Å². The maximum Gasteiger partial charge on any atom is 0.267 e. The van der Waals surface area contributed by atoms with Crippen molar-refractivity contribution in [3.05, 3.63) is 21.4 Å². The number of carbonyl (C=O) groups excluding carboxylic acids is 1. The van der Waals surface area contributed by atoms with Gasteiger partial charge in [0.05, 0.1) is 6.04 Å². The van der Waals surface area contributed by atoms with Crippen molar-refractivity contribution in [2.45, 2.75) is 78.2 Å². The zero-order valence-electron chi connectivity index (χ0n) is 19.8. The molecule has 1 N–H and O–H groups in total. The standard InChI is InChI=1S/C26H38ClN3OS/c1-16-13-20-22(32-16)10-9-19-23(29-30(24(19)20)12-6-4-5-11-27)25(31)28-15-17-7-8-18-14-21(17)26(18,2)3/h13,17-19,21,24H,4-12,14-15H2,1-3H3,(H,28,31). The smallest absolute Gasteiger partial charge is 0.267 e. The van der Waals surface area contributed by atoms with Gasteiger partial charge in [0, 0.05) is 34.6 Å². The second-order valence-electron chi connectivity index (χ2n) is 11.1. The Balaban J connectivity index is 1.28. The molecule has 176 valence electrons. The number of alkyl halides is 1. The van der Waals surface area contributed by atoms with Crippen LogP contribution in [-0.4, -0.2) is 35.6 Å². The van der Waals surface area contributed by atoms with Gasteiger partial charge in [-0.05, 0) is 86.7 Å². The number of aryl methyl sites for hydroxylation is 2. The third-order valence-corrected chi connectivity index (χ3v) is 10.4. The Bertz CT molecular complexity index is 892. The minimum absolute atomic E-state index is 0.0814. The number of unbranched alkanes of at least 4 members (excludes halogenated alkanes) is 2. The van der Waals surface area contributed by atoms with Gasteiger partial charge < -0.3 is 5.32 Å². The van der Waals surface area contributed by atoms with E-state index in [9.17, 15) is 4.79 Å². The monoisotopic (exact) mass is 475 g/mol. The molecule has 4 nitrogen and oxygen atoms in total. The van der Waals surface area contributed by atoms with Crippen molar-refractivity contribution in [3.63, 3.8) is 0 Å². The van der Waals surface area contributed by atoms with E-state index in [2.05, 4.69) is 37.2 Å². The highest BCUT2D eigenvalue weighted by molar-refractivity contribution is 7.12. The van der Waals surface area contributed by atoms with Crippen LogP contribution in [0, 0.1) is 36.0 Å². The number of halogens is 1. The maximum absolute atomic E-state index is 13.4. The molecular weight excluding hydrogens is 438 g/mol. The van der Waals surface area contributed by atoms with Gasteiger partial charge in [-0.2, -0.15) is 5.10 Å². The lowest BCUT2D eigenvalue weighted by Gasteiger charge is -2.60. The number of nitrogens with one attached hydrogen (secondary N) is 1. The van der Waals surface area contributed by atoms with Crippen molar-refractivity contribution in [2.75, 3.05) is 19.0 Å². The Morgan fingerprint density at radius 1 is 1.28 bits per heavy atom. The summed E-state index contributed by atoms with van der Waals surface area (Å²) < 4.78 is 0. The van der Waals surface area contributed by atoms with Crippen LogP contribution in [0.1, 0.15) is 80.2 Å². The molecule has 1 amide bonds. The summed E-state index contributed by atoms with van der Waals surface area (Å²) in [6.07, 6.45) is 9.29. The topological polar surface area (TPSA) is 44.7 Å². The Kier molecular flexibility index (Phi) is 6.35. The summed E-state index contributed by atoms with van der Waals surface area (Å²) in [5.74, 6) is 3.32. The first kappa shape index (κ1) is 22.7. The molecule has 5 unspecified atom stereocenters. The molecule has 0 radical (unpaired) electrons. The fourth-order valence-corrected chi connectivity index (χ4v) is 8.37. The van der Waals surface area contributed by atoms with Crippen LogP contribution in [0.3, 0.4) is 0 Å². The van der Waals surface area contributed by atoms with Gasteiger partial charge in [-0.15, -0.1) is 22.9 Å². The van der Waals surface area contributed by atoms with Gasteiger partial charge in [0.2, 0.25) is 0 Å². The van der Waals surface area contributed by atoms with Crippen LogP contribution >= 0.6 is 22.9 Å². The average Bonchev–Trinajstić information content (AvgIpc) is 3.34. The van der Waals surface area contributed by atoms with Crippen molar-refractivity contribution in [1.82, 2.24) is 10.3 Å². The number of rotatable bonds is 8. The molecule has 4 aliphatic carbocycles. The number of nitrogens with zero attached hydrogens (tertiary/aromatic N) is 2. The van der Waals surface area contributed by atoms with E-state index >= 15 is 0 Å². The van der Waals surface area contributed by atoms with E-state index in [0.29, 0.717) is 11.3 Å². The fourth-order valence-electron chi connectivity index (χ4n) is 7.09. The Morgan fingerprint density at radius 2 is 2.12 bits per heavy atom. The number of carbonyl (C=O) groups is 1. The van der Waals surface area contributed by atoms with Gasteiger partial charge in [-0.1, -0.05) is 20.3 Å². The SMILES string of the molecule is Cc1cc2c(s1)CCC1C(C(=O)NCC3CCC4CC3C4(C)C)=NN(CCCCCCl)C21. The predicted molar refractivity (Wildman–Crippen MR) is 133 cm³/mol. The number of thiophene rings is 1. The van der Waals surface area contributed by atoms with Gasteiger partial charge in [0.1, 0.15) is 5.71 Å². The summed E-state index contributed by atoms with van der Waals surface area (Å²) in [4.78, 5) is 16.2. The lowest BCUT2D eigenvalue weighted by Crippen LogP contribution is -2.55. The quantitative estimate of drug-likeness (QED) is 0.374. The number of hydrazone groups is 1. The first-order chi connectivity index (χ1) is 15.4. The van der Waals surface area contributed by atoms with Crippen molar-refractivity contribution in [3.8, 4) is 0 Å². The molecule has 6 rings (SSSR count). The first-order valence-corrected chi connectivity index (χ1v) is 14.0. The summed E-state index contributed by atoms with van der Waals surface area (Å²) >= 11 is 7.80. The van der Waals surface area contributed by atoms with E-state index in [-0.39, 0.29) is 17.9 Å². The zero-order valence-corrected chi connectivity index (χ0v) is 21.4. The van der Waals surface area contributed by atoms with Gasteiger partial charge in [0.15, 0.2) is 0 Å². The molecule has 0 aromatic carbocycles. The molecule has 0 saturated heterocycles. The van der Waals surface area contributed by atoms with E-state index < -0.39 is 0 Å². The lowest BCUT2D eigenvalue weighted by atomic mass is 9.45. The summed E-state index contributed by atoms with van der Waals surface area (Å²) in [5.41, 5.74) is 2.66. The van der Waals surface area contributed by atoms with Crippen LogP contribution in [-0.2, 0) is 11.2 Å². The summed E-state index contributed by atoms with van der Waals surface area (Å²) in [6.45, 7) is 8.77. The third kappa shape index (κ3) is 3.91. The molecule has 5 atom stereocenters. The number of amides is 1. The molecule has 1 aromatic rings. The second kappa shape index (κ2) is 8.94. The van der Waals surface area contributed by atoms with Crippen LogP contribution in [0.15, 0.2) is 11.2 Å². The summed E-state index contributed by atoms with van der Waals surface area (Å²) in [5, 5.41) is 10.5. The highest BCUT2D eigenvalue weighted by Crippen LogP contribution is 2.61. The van der Waals surface area contributed by atoms with E-state index in [4.69, 9.17) is 16.7 Å². The maximum atomic E-state index is 13.4. The number of fused-ring (bicyclic) bond motifs is 5. The molecule has 3 saturated carbocycles. The van der Waals surface area contributed by atoms with Gasteiger partial charge >= 0.3 is 0 Å². The van der Waals surface area contributed by atoms with Crippen LogP contribution in [0.25, 0.3) is 0 Å². The average molecular weight is 476 g/mol. The Morgan fingerprint density at radius 3 is 2.88 bits per heavy atom. The van der Waals surface area contributed by atoms with Crippen molar-refractivity contribution >= 4 is 34.6 Å². The molecule has 5 aliphatic rings. The predicted octanol–water partition coefficient (Wildman–Crippen LogP) is 5.93. The molecule has 2 bridgehead atoms. The highest BCUT2D eigenvalue weighted by atomic mass is 35.5. The van der Waals surface area contributed by atoms with E-state index in [1.165, 1.54) is 34.6 Å². The van der Waals surface area contributed by atoms with Crippen molar-refractivity contribution in [2.24, 2.45) is 34.2 Å². The second-order valence-corrected chi connectivity index (χ2v) is 12.9. The van der Waals surface area contributed by atoms with Crippen LogP contribution in [0.4, 0.5) is 0 Å². The number of hydrogen-bond donors (Lipinski definition) is 1. The van der Waals surface area contributed by atoms with Gasteiger partial charge in [-0.25, -0.2) is 0 Å². The summed E-state index contributed by atoms with van der Waals surface area (Å²) in [7, 11) is 0. The molecule has 1 aliphatic heterocycles. The fraction of sp³-hybridized carbons (Fsp3) is 0.769. The minimum Gasteiger partial charge on any atom is -0.351 e. The zero-order chi connectivity index (χ0) is 22.5. The molecule has 3 fully saturated rings. The molecule has 0 spiro atoms. The summed E-state index contributed by atoms with van der Waals surface area (Å²) in [6, 6.07) is 2.58. The number of hydrogen-bond acceptors (Lipinski definition) is 4. The van der Waals surface area contributed by atoms with E-state index in [1.54, 1.807) is 0 Å². The third-order valence-electron chi connectivity index (χ3n) is 9.04. The van der Waals surface area contributed by atoms with Gasteiger partial charge in [0.25, 0.3) is 5.91 Å². The Hall–Kier alpha value is -1.07. The molecule has 2 heterocycles. The first-order valence-electron chi connectivity index (χ1n) is 12.7. The van der Waals surface area contributed by atoms with E-state index in [1.807, 2.05) is 11.3 Å². The largest absolute Gasteiger partial charge is 0.351 e. The van der Waals surface area contributed by atoms with Crippen molar-refractivity contribution in [1.29, 1.82) is 0 Å². The van der Waals surface area contributed by atoms with Crippen LogP contribution in [0.2, 0.25) is 0 Å². The molecule has 32 heavy (non-hydrogen) atoms. The Labute approximate surface area is 202 Å².